The smallest absolute Gasteiger partial charge is 0.323 e. The number of oxime groups is 2. The van der Waals surface area contributed by atoms with E-state index >= 15 is 0 Å². The van der Waals surface area contributed by atoms with Crippen molar-refractivity contribution in [2.24, 2.45) is 10.3 Å². The average Bonchev–Trinajstić information content (AvgIpc) is 2.40. The Kier molecular flexibility index (Phi) is 3.34. The van der Waals surface area contributed by atoms with Crippen molar-refractivity contribution >= 4 is 17.8 Å². The van der Waals surface area contributed by atoms with E-state index in [1.807, 2.05) is 12.1 Å². The molecule has 0 fully saturated rings. The Balaban J connectivity index is 2.33. The number of hydrogen-bond acceptors (Lipinski definition) is 5. The van der Waals surface area contributed by atoms with E-state index in [1.165, 1.54) is 6.21 Å². The van der Waals surface area contributed by atoms with Crippen LogP contribution >= 0.6 is 0 Å². The Hall–Kier alpha value is -2.37. The molecule has 0 aliphatic carbocycles. The first kappa shape index (κ1) is 11.1. The van der Waals surface area contributed by atoms with Gasteiger partial charge in [0, 0.05) is 5.56 Å². The van der Waals surface area contributed by atoms with Crippen molar-refractivity contribution in [1.82, 2.24) is 0 Å². The molecule has 17 heavy (non-hydrogen) atoms. The molecular weight excluding hydrogens is 222 g/mol. The second-order valence-electron chi connectivity index (χ2n) is 3.32. The fourth-order valence-corrected chi connectivity index (χ4v) is 1.47. The summed E-state index contributed by atoms with van der Waals surface area (Å²) >= 11 is 0. The minimum atomic E-state index is 0.245. The lowest BCUT2D eigenvalue weighted by atomic mass is 10.0. The van der Waals surface area contributed by atoms with E-state index in [0.29, 0.717) is 30.1 Å². The Morgan fingerprint density at radius 1 is 1.41 bits per heavy atom. The maximum Gasteiger partial charge on any atom is 0.323 e. The van der Waals surface area contributed by atoms with Gasteiger partial charge in [0.2, 0.25) is 0 Å². The van der Waals surface area contributed by atoms with Gasteiger partial charge in [-0.2, -0.15) is 0 Å². The largest absolute Gasteiger partial charge is 0.467 e. The molecule has 1 aromatic carbocycles. The van der Waals surface area contributed by atoms with Crippen LogP contribution in [0.3, 0.4) is 0 Å². The third kappa shape index (κ3) is 2.41. The molecule has 0 saturated carbocycles. The maximum atomic E-state index is 8.57. The van der Waals surface area contributed by atoms with Gasteiger partial charge >= 0.3 is 5.90 Å². The van der Waals surface area contributed by atoms with Crippen LogP contribution in [0.2, 0.25) is 0 Å². The molecule has 1 aliphatic rings. The number of rotatable bonds is 3. The number of nitrogens with zero attached hydrogens (tertiary/aromatic N) is 2. The number of ether oxygens (including phenoxy) is 1. The molecule has 0 unspecified atom stereocenters. The van der Waals surface area contributed by atoms with Gasteiger partial charge in [-0.1, -0.05) is 23.4 Å². The maximum absolute atomic E-state index is 8.57. The quantitative estimate of drug-likeness (QED) is 0.416. The van der Waals surface area contributed by atoms with E-state index in [1.54, 1.807) is 12.1 Å². The van der Waals surface area contributed by atoms with E-state index in [-0.39, 0.29) is 5.90 Å². The van der Waals surface area contributed by atoms with Crippen molar-refractivity contribution in [2.75, 3.05) is 13.2 Å². The van der Waals surface area contributed by atoms with E-state index in [9.17, 15) is 0 Å². The first-order valence-corrected chi connectivity index (χ1v) is 5.05. The van der Waals surface area contributed by atoms with Crippen LogP contribution in [0, 0.1) is 0 Å². The highest BCUT2D eigenvalue weighted by Gasteiger charge is 2.22. The minimum Gasteiger partial charge on any atom is -0.467 e. The molecule has 0 spiro atoms. The van der Waals surface area contributed by atoms with Crippen LogP contribution in [0.5, 0.6) is 0 Å². The van der Waals surface area contributed by atoms with Crippen molar-refractivity contribution in [1.29, 1.82) is 0 Å². The molecule has 1 heterocycles. The first-order valence-electron chi connectivity index (χ1n) is 5.05. The molecule has 6 heteroatoms. The van der Waals surface area contributed by atoms with E-state index < -0.39 is 0 Å². The third-order valence-corrected chi connectivity index (χ3v) is 2.24. The zero-order valence-electron chi connectivity index (χ0n) is 9.04. The van der Waals surface area contributed by atoms with Crippen LogP contribution in [0.25, 0.3) is 0 Å². The molecule has 0 amide bonds. The lowest BCUT2D eigenvalue weighted by Gasteiger charge is -2.12. The second-order valence-corrected chi connectivity index (χ2v) is 3.32. The monoisotopic (exact) mass is 234 g/mol. The molecule has 0 atom stereocenters. The van der Waals surface area contributed by atoms with E-state index in [4.69, 9.17) is 20.2 Å². The van der Waals surface area contributed by atoms with Crippen molar-refractivity contribution in [3.8, 4) is 0 Å². The molecule has 0 bridgehead atoms. The van der Waals surface area contributed by atoms with Gasteiger partial charge in [-0.25, -0.2) is 5.41 Å². The van der Waals surface area contributed by atoms with Crippen LogP contribution in [-0.2, 0) is 9.57 Å². The van der Waals surface area contributed by atoms with Gasteiger partial charge in [-0.05, 0) is 11.2 Å². The number of benzene rings is 1. The van der Waals surface area contributed by atoms with Crippen molar-refractivity contribution in [3.63, 3.8) is 0 Å². The summed E-state index contributed by atoms with van der Waals surface area (Å²) in [5, 5.41) is 21.2. The molecular formula is C11H12N3O3+. The lowest BCUT2D eigenvalue weighted by Crippen LogP contribution is -2.47. The lowest BCUT2D eigenvalue weighted by molar-refractivity contribution is -0.111. The highest BCUT2D eigenvalue weighted by atomic mass is 16.7. The average molecular weight is 234 g/mol. The van der Waals surface area contributed by atoms with Crippen LogP contribution < -0.4 is 5.41 Å². The topological polar surface area (TPSA) is 89.0 Å². The van der Waals surface area contributed by atoms with Gasteiger partial charge in [0.15, 0.2) is 6.61 Å². The Labute approximate surface area is 97.7 Å². The highest BCUT2D eigenvalue weighted by Crippen LogP contribution is 2.08. The van der Waals surface area contributed by atoms with Crippen molar-refractivity contribution in [3.05, 3.63) is 35.4 Å². The summed E-state index contributed by atoms with van der Waals surface area (Å²) in [6.07, 6.45) is 1.30. The van der Waals surface area contributed by atoms with Crippen molar-refractivity contribution < 1.29 is 20.2 Å². The predicted molar refractivity (Wildman–Crippen MR) is 61.2 cm³/mol. The second kappa shape index (κ2) is 5.11. The van der Waals surface area contributed by atoms with E-state index in [2.05, 4.69) is 10.3 Å². The zero-order chi connectivity index (χ0) is 12.1. The summed E-state index contributed by atoms with van der Waals surface area (Å²) < 4.78 is 5.28. The molecule has 88 valence electrons. The minimum absolute atomic E-state index is 0.245. The Morgan fingerprint density at radius 3 is 2.94 bits per heavy atom. The molecule has 0 saturated heterocycles. The Bertz CT molecular complexity index is 483. The standard InChI is InChI=1S/C11H11N3O3/c12-10(11-14-17-6-5-16-11)9-4-2-1-3-8(9)7-13-15/h1-4,7,12,15H,5-6H2/p+1. The van der Waals surface area contributed by atoms with Gasteiger partial charge in [0.05, 0.1) is 11.8 Å². The third-order valence-electron chi connectivity index (χ3n) is 2.24. The van der Waals surface area contributed by atoms with Gasteiger partial charge < -0.3 is 14.8 Å². The molecule has 2 rings (SSSR count). The van der Waals surface area contributed by atoms with Crippen molar-refractivity contribution in [2.45, 2.75) is 0 Å². The van der Waals surface area contributed by atoms with Crippen LogP contribution in [0.15, 0.2) is 34.6 Å². The molecule has 6 nitrogen and oxygen atoms in total. The fraction of sp³-hybridized carbons (Fsp3) is 0.182. The van der Waals surface area contributed by atoms with Gasteiger partial charge in [0.25, 0.3) is 5.71 Å². The molecule has 3 N–H and O–H groups in total. The number of nitrogens with two attached hydrogens (primary N) is 1. The summed E-state index contributed by atoms with van der Waals surface area (Å²) in [4.78, 5) is 4.90. The van der Waals surface area contributed by atoms with Crippen LogP contribution in [0.4, 0.5) is 0 Å². The van der Waals surface area contributed by atoms with Gasteiger partial charge in [-0.3, -0.25) is 0 Å². The highest BCUT2D eigenvalue weighted by molar-refractivity contribution is 6.43. The Morgan fingerprint density at radius 2 is 2.24 bits per heavy atom. The summed E-state index contributed by atoms with van der Waals surface area (Å²) in [7, 11) is 0. The summed E-state index contributed by atoms with van der Waals surface area (Å²) in [6, 6.07) is 7.19. The van der Waals surface area contributed by atoms with Gasteiger partial charge in [-0.15, -0.1) is 0 Å². The first-order chi connectivity index (χ1) is 8.33. The normalized spacial score (nSPS) is 14.9. The zero-order valence-corrected chi connectivity index (χ0v) is 9.04. The molecule has 0 aromatic heterocycles. The van der Waals surface area contributed by atoms with E-state index in [0.717, 1.165) is 0 Å². The summed E-state index contributed by atoms with van der Waals surface area (Å²) in [6.45, 7) is 0.826. The molecule has 0 radical (unpaired) electrons. The molecule has 1 aromatic rings. The van der Waals surface area contributed by atoms with Crippen LogP contribution in [0.1, 0.15) is 11.1 Å². The summed E-state index contributed by atoms with van der Waals surface area (Å²) in [5.74, 6) is 0.245. The SMILES string of the molecule is [NH2+]=C(C1=NOCCO1)c1ccccc1C=NO. The van der Waals surface area contributed by atoms with Crippen LogP contribution in [-0.4, -0.2) is 36.2 Å². The predicted octanol–water partition coefficient (Wildman–Crippen LogP) is -0.597. The van der Waals surface area contributed by atoms with Gasteiger partial charge in [0.1, 0.15) is 6.61 Å². The fourth-order valence-electron chi connectivity index (χ4n) is 1.47. The number of hydrogen-bond donors (Lipinski definition) is 2. The summed E-state index contributed by atoms with van der Waals surface area (Å²) in [5.41, 5.74) is 1.69. The molecule has 1 aliphatic heterocycles.